The first-order valence-corrected chi connectivity index (χ1v) is 32.6. The van der Waals surface area contributed by atoms with E-state index in [1.165, 1.54) is 14.7 Å². The normalized spacial score (nSPS) is 11.9. The van der Waals surface area contributed by atoms with Gasteiger partial charge in [0.1, 0.15) is 18.1 Å². The van der Waals surface area contributed by atoms with Crippen molar-refractivity contribution in [2.45, 2.75) is 165 Å². The summed E-state index contributed by atoms with van der Waals surface area (Å²) in [5.41, 5.74) is 11.0. The third-order valence-electron chi connectivity index (χ3n) is 16.2. The number of benzene rings is 6. The van der Waals surface area contributed by atoms with E-state index in [0.29, 0.717) is 36.7 Å². The lowest BCUT2D eigenvalue weighted by Gasteiger charge is -2.32. The highest BCUT2D eigenvalue weighted by Gasteiger charge is 2.35. The third-order valence-corrected chi connectivity index (χ3v) is 16.2. The lowest BCUT2D eigenvalue weighted by atomic mass is 9.97. The lowest BCUT2D eigenvalue weighted by molar-refractivity contribution is -0.153. The van der Waals surface area contributed by atoms with Crippen LogP contribution in [0.5, 0.6) is 0 Å². The van der Waals surface area contributed by atoms with Gasteiger partial charge in [-0.3, -0.25) is 14.4 Å². The number of unbranched alkanes of at least 4 members (excludes halogenated alkanes) is 3. The number of carboxylic acids is 3. The SMILES string of the molecule is C.CCCCC(=O)N(Cc1ccc(-c2ccccc2-c2nn[nH]n2)cc1)[C@@H](C(=O)O)C(C)C.CCCCC(=O)N(Cc1ccc(-c2ccccc2-c2nn[nH]n2)cc1)[C@H](C(=O)O)C(C)C.CCCCC(=O)N(Cc1ccc(-c2ccccc2-c2nn[nH]n2)cc1)[C@H](C(=O)O)C(C)C. The van der Waals surface area contributed by atoms with Crippen molar-refractivity contribution < 1.29 is 44.1 Å². The molecule has 0 bridgehead atoms. The fourth-order valence-corrected chi connectivity index (χ4v) is 11.4. The van der Waals surface area contributed by atoms with Crippen molar-refractivity contribution in [2.24, 2.45) is 17.8 Å². The van der Waals surface area contributed by atoms with Gasteiger partial charge < -0.3 is 30.0 Å². The van der Waals surface area contributed by atoms with E-state index >= 15 is 0 Å². The summed E-state index contributed by atoms with van der Waals surface area (Å²) >= 11 is 0. The topological polar surface area (TPSA) is 336 Å². The molecule has 9 rings (SSSR count). The van der Waals surface area contributed by atoms with E-state index < -0.39 is 36.0 Å². The van der Waals surface area contributed by atoms with Crippen LogP contribution in [0.1, 0.15) is 144 Å². The minimum absolute atomic E-state index is 0. The fraction of sp³-hybridized carbons (Fsp3) is 0.384. The highest BCUT2D eigenvalue weighted by molar-refractivity contribution is 5.87. The van der Waals surface area contributed by atoms with Crippen molar-refractivity contribution in [3.8, 4) is 67.5 Å². The number of tetrazole rings is 3. The Morgan fingerprint density at radius 2 is 0.588 bits per heavy atom. The van der Waals surface area contributed by atoms with Crippen LogP contribution in [0.15, 0.2) is 146 Å². The second-order valence-electron chi connectivity index (χ2n) is 24.4. The van der Waals surface area contributed by atoms with Crippen molar-refractivity contribution in [1.29, 1.82) is 0 Å². The first-order chi connectivity index (χ1) is 46.3. The van der Waals surface area contributed by atoms with Crippen molar-refractivity contribution in [3.05, 3.63) is 162 Å². The standard InChI is InChI=1S/3C24H29N5O3.CH4/c3*1-4-5-10-21(30)29(22(16(2)3)24(31)32)15-17-11-13-18(14-12-17)19-8-6-7-9-20(19)23-25-27-28-26-23;/h3*6-9,11-14,16,22H,4-5,10,15H2,1-3H3,(H,31,32)(H,25,26,27,28);1H4/t3*22-;/m100./s1. The van der Waals surface area contributed by atoms with E-state index in [4.69, 9.17) is 0 Å². The number of aliphatic carboxylic acids is 3. The first kappa shape index (κ1) is 75.4. The molecule has 9 aromatic rings. The molecule has 3 amide bonds. The summed E-state index contributed by atoms with van der Waals surface area (Å²) in [5.74, 6) is -2.35. The molecule has 0 aliphatic carbocycles. The van der Waals surface area contributed by atoms with Gasteiger partial charge in [-0.15, -0.1) is 30.6 Å². The Balaban J connectivity index is 0.000000229. The predicted octanol–water partition coefficient (Wildman–Crippen LogP) is 13.1. The van der Waals surface area contributed by atoms with Crippen LogP contribution >= 0.6 is 0 Å². The van der Waals surface area contributed by atoms with Crippen LogP contribution in [0.3, 0.4) is 0 Å². The monoisotopic (exact) mass is 1320 g/mol. The van der Waals surface area contributed by atoms with Crippen LogP contribution in [-0.2, 0) is 48.4 Å². The molecule has 97 heavy (non-hydrogen) atoms. The Morgan fingerprint density at radius 3 is 0.773 bits per heavy atom. The van der Waals surface area contributed by atoms with Crippen LogP contribution in [0.2, 0.25) is 0 Å². The molecule has 24 heteroatoms. The Bertz CT molecular complexity index is 3500. The molecule has 6 N–H and O–H groups in total. The van der Waals surface area contributed by atoms with Gasteiger partial charge in [-0.05, 0) is 103 Å². The highest BCUT2D eigenvalue weighted by atomic mass is 16.4. The smallest absolute Gasteiger partial charge is 0.326 e. The molecule has 0 saturated heterocycles. The molecule has 0 aliphatic heterocycles. The number of nitrogens with one attached hydrogen (secondary N) is 3. The molecule has 0 fully saturated rings. The maximum Gasteiger partial charge on any atom is 0.326 e. The van der Waals surface area contributed by atoms with Gasteiger partial charge in [0.25, 0.3) is 0 Å². The highest BCUT2D eigenvalue weighted by Crippen LogP contribution is 2.34. The summed E-state index contributed by atoms with van der Waals surface area (Å²) in [6.45, 7) is 17.8. The summed E-state index contributed by atoms with van der Waals surface area (Å²) in [4.78, 5) is 78.9. The zero-order valence-corrected chi connectivity index (χ0v) is 56.0. The number of rotatable bonds is 30. The maximum absolute atomic E-state index is 12.9. The number of hydrogen-bond acceptors (Lipinski definition) is 15. The van der Waals surface area contributed by atoms with Gasteiger partial charge in [-0.2, -0.15) is 15.6 Å². The van der Waals surface area contributed by atoms with Crippen LogP contribution < -0.4 is 0 Å². The molecule has 24 nitrogen and oxygen atoms in total. The van der Waals surface area contributed by atoms with E-state index in [9.17, 15) is 44.1 Å². The molecule has 512 valence electrons. The van der Waals surface area contributed by atoms with E-state index in [2.05, 4.69) is 61.9 Å². The quantitative estimate of drug-likeness (QED) is 0.0244. The molecule has 0 saturated carbocycles. The Hall–Kier alpha value is -10.7. The Labute approximate surface area is 566 Å². The summed E-state index contributed by atoms with van der Waals surface area (Å²) in [6.07, 6.45) is 5.92. The number of carboxylic acid groups (broad SMARTS) is 3. The summed E-state index contributed by atoms with van der Waals surface area (Å²) in [6, 6.07) is 44.2. The average Bonchev–Trinajstić information content (AvgIpc) is 1.76. The number of hydrogen-bond donors (Lipinski definition) is 6. The second-order valence-corrected chi connectivity index (χ2v) is 24.4. The fourth-order valence-electron chi connectivity index (χ4n) is 11.4. The number of nitrogens with zero attached hydrogens (tertiary/aromatic N) is 12. The molecular weight excluding hydrogens is 1230 g/mol. The van der Waals surface area contributed by atoms with Gasteiger partial charge >= 0.3 is 17.9 Å². The molecule has 0 unspecified atom stereocenters. The van der Waals surface area contributed by atoms with Gasteiger partial charge in [-0.1, -0.05) is 235 Å². The lowest BCUT2D eigenvalue weighted by Crippen LogP contribution is -2.47. The molecule has 3 aromatic heterocycles. The van der Waals surface area contributed by atoms with Gasteiger partial charge in [0.05, 0.1) is 0 Å². The van der Waals surface area contributed by atoms with E-state index in [1.807, 2.05) is 208 Å². The molecule has 3 atom stereocenters. The summed E-state index contributed by atoms with van der Waals surface area (Å²) in [7, 11) is 0. The van der Waals surface area contributed by atoms with Gasteiger partial charge in [0.15, 0.2) is 0 Å². The summed E-state index contributed by atoms with van der Waals surface area (Å²) < 4.78 is 0. The molecule has 0 aliphatic rings. The van der Waals surface area contributed by atoms with Crippen LogP contribution in [0.25, 0.3) is 67.5 Å². The molecular formula is C73H91N15O9. The van der Waals surface area contributed by atoms with Crippen LogP contribution in [-0.4, -0.2) is 146 Å². The molecule has 3 heterocycles. The number of H-pyrrole nitrogens is 3. The first-order valence-electron chi connectivity index (χ1n) is 32.6. The van der Waals surface area contributed by atoms with E-state index in [-0.39, 0.29) is 62.5 Å². The number of carbonyl (C=O) groups excluding carboxylic acids is 3. The minimum atomic E-state index is -0.976. The van der Waals surface area contributed by atoms with E-state index in [0.717, 1.165) is 105 Å². The van der Waals surface area contributed by atoms with Gasteiger partial charge in [0.2, 0.25) is 35.2 Å². The van der Waals surface area contributed by atoms with Crippen LogP contribution in [0, 0.1) is 17.8 Å². The van der Waals surface area contributed by atoms with Crippen molar-refractivity contribution in [2.75, 3.05) is 0 Å². The number of carbonyl (C=O) groups is 6. The molecule has 0 spiro atoms. The van der Waals surface area contributed by atoms with Crippen LogP contribution in [0.4, 0.5) is 0 Å². The molecule has 6 aromatic carbocycles. The average molecular weight is 1320 g/mol. The number of aromatic amines is 3. The number of amides is 3. The Kier molecular flexibility index (Phi) is 29.1. The third kappa shape index (κ3) is 20.7. The van der Waals surface area contributed by atoms with Gasteiger partial charge in [-0.25, -0.2) is 14.4 Å². The Morgan fingerprint density at radius 1 is 0.361 bits per heavy atom. The maximum atomic E-state index is 12.9. The zero-order chi connectivity index (χ0) is 69.3. The van der Waals surface area contributed by atoms with Crippen molar-refractivity contribution in [3.63, 3.8) is 0 Å². The minimum Gasteiger partial charge on any atom is -0.480 e. The van der Waals surface area contributed by atoms with Crippen molar-refractivity contribution >= 4 is 35.6 Å². The predicted molar refractivity (Wildman–Crippen MR) is 371 cm³/mol. The van der Waals surface area contributed by atoms with Gasteiger partial charge in [0, 0.05) is 55.6 Å². The van der Waals surface area contributed by atoms with E-state index in [1.54, 1.807) is 0 Å². The summed E-state index contributed by atoms with van der Waals surface area (Å²) in [5, 5.41) is 72.1. The zero-order valence-electron chi connectivity index (χ0n) is 56.0. The largest absolute Gasteiger partial charge is 0.480 e. The van der Waals surface area contributed by atoms with Crippen molar-refractivity contribution in [1.82, 2.24) is 76.6 Å². The molecule has 0 radical (unpaired) electrons. The number of aromatic nitrogens is 12. The second kappa shape index (κ2) is 37.4.